The fourth-order valence-electron chi connectivity index (χ4n) is 2.20. The van der Waals surface area contributed by atoms with Crippen molar-refractivity contribution in [3.05, 3.63) is 27.6 Å². The highest BCUT2D eigenvalue weighted by atomic mass is 35.5. The molecular weight excluding hydrogens is 302 g/mol. The van der Waals surface area contributed by atoms with Crippen LogP contribution in [0.25, 0.3) is 0 Å². The summed E-state index contributed by atoms with van der Waals surface area (Å²) in [7, 11) is -3.60. The molecular formula is C12H18ClN3O3S. The summed E-state index contributed by atoms with van der Waals surface area (Å²) in [6.45, 7) is 6.47. The molecule has 0 spiro atoms. The third kappa shape index (κ3) is 3.06. The summed E-state index contributed by atoms with van der Waals surface area (Å²) in [5.41, 5.74) is -0.491. The summed E-state index contributed by atoms with van der Waals surface area (Å²) in [4.78, 5) is 15.8. The molecule has 0 atom stereocenters. The van der Waals surface area contributed by atoms with Crippen LogP contribution in [-0.4, -0.2) is 54.8 Å². The number of nitrogens with one attached hydrogen (secondary N) is 1. The molecule has 8 heteroatoms. The Morgan fingerprint density at radius 3 is 2.35 bits per heavy atom. The normalized spacial score (nSPS) is 18.6. The number of piperazine rings is 1. The number of rotatable bonds is 3. The highest BCUT2D eigenvalue weighted by Crippen LogP contribution is 2.18. The van der Waals surface area contributed by atoms with Gasteiger partial charge in [0.2, 0.25) is 10.0 Å². The highest BCUT2D eigenvalue weighted by Gasteiger charge is 2.29. The molecule has 0 amide bonds. The summed E-state index contributed by atoms with van der Waals surface area (Å²) in [5, 5.41) is -0.119. The van der Waals surface area contributed by atoms with Gasteiger partial charge < -0.3 is 4.98 Å². The van der Waals surface area contributed by atoms with Gasteiger partial charge in [0.15, 0.2) is 0 Å². The minimum atomic E-state index is -3.60. The van der Waals surface area contributed by atoms with Crippen molar-refractivity contribution in [2.24, 2.45) is 0 Å². The highest BCUT2D eigenvalue weighted by molar-refractivity contribution is 7.89. The molecule has 1 N–H and O–H groups in total. The van der Waals surface area contributed by atoms with Crippen LogP contribution in [0.5, 0.6) is 0 Å². The van der Waals surface area contributed by atoms with Crippen LogP contribution >= 0.6 is 11.6 Å². The SMILES string of the molecule is CC(C)N1CCN(S(=O)(=O)c2c[nH]c(=O)c(Cl)c2)CC1. The first-order valence-corrected chi connectivity index (χ1v) is 8.26. The fraction of sp³-hybridized carbons (Fsp3) is 0.583. The molecule has 1 aliphatic rings. The molecule has 0 saturated carbocycles. The van der Waals surface area contributed by atoms with E-state index in [1.807, 2.05) is 0 Å². The Morgan fingerprint density at radius 2 is 1.85 bits per heavy atom. The zero-order chi connectivity index (χ0) is 14.9. The van der Waals surface area contributed by atoms with Crippen molar-refractivity contribution in [2.75, 3.05) is 26.2 Å². The number of pyridine rings is 1. The van der Waals surface area contributed by atoms with Gasteiger partial charge in [-0.2, -0.15) is 4.31 Å². The first kappa shape index (κ1) is 15.5. The molecule has 0 unspecified atom stereocenters. The zero-order valence-electron chi connectivity index (χ0n) is 11.5. The van der Waals surface area contributed by atoms with Crippen molar-refractivity contribution >= 4 is 21.6 Å². The van der Waals surface area contributed by atoms with Gasteiger partial charge >= 0.3 is 0 Å². The summed E-state index contributed by atoms with van der Waals surface area (Å²) in [5.74, 6) is 0. The second-order valence-corrected chi connectivity index (χ2v) is 7.39. The van der Waals surface area contributed by atoms with Gasteiger partial charge in [0, 0.05) is 38.4 Å². The van der Waals surface area contributed by atoms with E-state index in [1.54, 1.807) is 0 Å². The Labute approximate surface area is 123 Å². The molecule has 0 radical (unpaired) electrons. The first-order valence-electron chi connectivity index (χ1n) is 6.45. The summed E-state index contributed by atoms with van der Waals surface area (Å²) < 4.78 is 26.3. The average molecular weight is 320 g/mol. The predicted molar refractivity (Wildman–Crippen MR) is 77.5 cm³/mol. The quantitative estimate of drug-likeness (QED) is 0.892. The minimum absolute atomic E-state index is 0.0279. The maximum Gasteiger partial charge on any atom is 0.266 e. The Kier molecular flexibility index (Phi) is 4.53. The second kappa shape index (κ2) is 5.85. The van der Waals surface area contributed by atoms with E-state index < -0.39 is 15.6 Å². The van der Waals surface area contributed by atoms with E-state index >= 15 is 0 Å². The first-order chi connectivity index (χ1) is 9.32. The van der Waals surface area contributed by atoms with E-state index in [0.717, 1.165) is 0 Å². The van der Waals surface area contributed by atoms with E-state index in [4.69, 9.17) is 11.6 Å². The summed E-state index contributed by atoms with van der Waals surface area (Å²) >= 11 is 5.69. The summed E-state index contributed by atoms with van der Waals surface area (Å²) in [6, 6.07) is 1.60. The zero-order valence-corrected chi connectivity index (χ0v) is 13.0. The van der Waals surface area contributed by atoms with Gasteiger partial charge in [-0.15, -0.1) is 0 Å². The molecule has 1 fully saturated rings. The van der Waals surface area contributed by atoms with Crippen LogP contribution in [0.1, 0.15) is 13.8 Å². The Bertz CT molecular complexity index is 634. The third-order valence-corrected chi connectivity index (χ3v) is 5.63. The van der Waals surface area contributed by atoms with Crippen LogP contribution in [-0.2, 0) is 10.0 Å². The van der Waals surface area contributed by atoms with Crippen molar-refractivity contribution in [1.29, 1.82) is 0 Å². The number of hydrogen-bond donors (Lipinski definition) is 1. The number of sulfonamides is 1. The largest absolute Gasteiger partial charge is 0.326 e. The lowest BCUT2D eigenvalue weighted by atomic mass is 10.3. The van der Waals surface area contributed by atoms with Gasteiger partial charge in [0.05, 0.1) is 4.90 Å². The van der Waals surface area contributed by atoms with E-state index in [2.05, 4.69) is 23.7 Å². The number of halogens is 1. The predicted octanol–water partition coefficient (Wildman–Crippen LogP) is 0.743. The second-order valence-electron chi connectivity index (χ2n) is 5.05. The van der Waals surface area contributed by atoms with Gasteiger partial charge in [-0.3, -0.25) is 9.69 Å². The number of hydrogen-bond acceptors (Lipinski definition) is 4. The number of aromatic amines is 1. The Hall–Kier alpha value is -0.890. The number of H-pyrrole nitrogens is 1. The van der Waals surface area contributed by atoms with E-state index in [1.165, 1.54) is 16.6 Å². The molecule has 0 bridgehead atoms. The topological polar surface area (TPSA) is 73.5 Å². The van der Waals surface area contributed by atoms with Gasteiger partial charge in [0.25, 0.3) is 5.56 Å². The van der Waals surface area contributed by atoms with Crippen molar-refractivity contribution in [2.45, 2.75) is 24.8 Å². The van der Waals surface area contributed by atoms with Crippen LogP contribution in [0.2, 0.25) is 5.02 Å². The monoisotopic (exact) mass is 319 g/mol. The molecule has 20 heavy (non-hydrogen) atoms. The van der Waals surface area contributed by atoms with E-state index in [9.17, 15) is 13.2 Å². The molecule has 2 rings (SSSR count). The molecule has 0 aromatic carbocycles. The molecule has 1 aromatic heterocycles. The fourth-order valence-corrected chi connectivity index (χ4v) is 3.85. The lowest BCUT2D eigenvalue weighted by Crippen LogP contribution is -2.50. The Balaban J connectivity index is 2.19. The van der Waals surface area contributed by atoms with Crippen LogP contribution < -0.4 is 5.56 Å². The van der Waals surface area contributed by atoms with Crippen LogP contribution in [0.15, 0.2) is 22.0 Å². The van der Waals surface area contributed by atoms with Gasteiger partial charge in [-0.05, 0) is 19.9 Å². The summed E-state index contributed by atoms with van der Waals surface area (Å²) in [6.07, 6.45) is 1.19. The van der Waals surface area contributed by atoms with Crippen molar-refractivity contribution in [1.82, 2.24) is 14.2 Å². The van der Waals surface area contributed by atoms with Gasteiger partial charge in [-0.1, -0.05) is 11.6 Å². The smallest absolute Gasteiger partial charge is 0.266 e. The minimum Gasteiger partial charge on any atom is -0.326 e. The number of nitrogens with zero attached hydrogens (tertiary/aromatic N) is 2. The average Bonchev–Trinajstić information content (AvgIpc) is 2.41. The molecule has 6 nitrogen and oxygen atoms in total. The third-order valence-electron chi connectivity index (χ3n) is 3.47. The lowest BCUT2D eigenvalue weighted by Gasteiger charge is -2.36. The molecule has 1 aromatic rings. The molecule has 0 aliphatic carbocycles. The van der Waals surface area contributed by atoms with Crippen molar-refractivity contribution < 1.29 is 8.42 Å². The molecule has 1 saturated heterocycles. The van der Waals surface area contributed by atoms with Crippen LogP contribution in [0.4, 0.5) is 0 Å². The number of aromatic nitrogens is 1. The van der Waals surface area contributed by atoms with E-state index in [0.29, 0.717) is 32.2 Å². The van der Waals surface area contributed by atoms with Crippen LogP contribution in [0, 0.1) is 0 Å². The maximum atomic E-state index is 12.5. The lowest BCUT2D eigenvalue weighted by molar-refractivity contribution is 0.154. The molecule has 112 valence electrons. The molecule has 1 aliphatic heterocycles. The standard InChI is InChI=1S/C12H18ClN3O3S/c1-9(2)15-3-5-16(6-4-15)20(18,19)10-7-11(13)12(17)14-8-10/h7-9H,3-6H2,1-2H3,(H,14,17). The maximum absolute atomic E-state index is 12.5. The van der Waals surface area contributed by atoms with E-state index in [-0.39, 0.29) is 9.92 Å². The van der Waals surface area contributed by atoms with Crippen LogP contribution in [0.3, 0.4) is 0 Å². The van der Waals surface area contributed by atoms with Crippen molar-refractivity contribution in [3.63, 3.8) is 0 Å². The van der Waals surface area contributed by atoms with Gasteiger partial charge in [-0.25, -0.2) is 8.42 Å². The van der Waals surface area contributed by atoms with Crippen molar-refractivity contribution in [3.8, 4) is 0 Å². The molecule has 2 heterocycles. The van der Waals surface area contributed by atoms with Gasteiger partial charge in [0.1, 0.15) is 5.02 Å². The Morgan fingerprint density at radius 1 is 1.25 bits per heavy atom.